The fourth-order valence-corrected chi connectivity index (χ4v) is 2.35. The number of nitrogens with zero attached hydrogens (tertiary/aromatic N) is 3. The molecule has 2 aromatic rings. The van der Waals surface area contributed by atoms with Gasteiger partial charge in [0.15, 0.2) is 0 Å². The second-order valence-electron chi connectivity index (χ2n) is 5.17. The van der Waals surface area contributed by atoms with Gasteiger partial charge in [-0.3, -0.25) is 4.79 Å². The van der Waals surface area contributed by atoms with Crippen molar-refractivity contribution in [3.8, 4) is 17.5 Å². The van der Waals surface area contributed by atoms with Gasteiger partial charge in [0.25, 0.3) is 0 Å². The van der Waals surface area contributed by atoms with Gasteiger partial charge in [0.2, 0.25) is 5.89 Å². The fraction of sp³-hybridized carbons (Fsp3) is 0.333. The van der Waals surface area contributed by atoms with Crippen molar-refractivity contribution in [2.24, 2.45) is 5.92 Å². The van der Waals surface area contributed by atoms with Crippen LogP contribution in [0.25, 0.3) is 11.5 Å². The normalized spacial score (nSPS) is 17.1. The van der Waals surface area contributed by atoms with Crippen LogP contribution in [-0.4, -0.2) is 35.7 Å². The number of hydrogen-bond donors (Lipinski definition) is 2. The summed E-state index contributed by atoms with van der Waals surface area (Å²) in [5, 5.41) is 22.6. The third kappa shape index (κ3) is 3.13. The van der Waals surface area contributed by atoms with E-state index in [0.29, 0.717) is 23.6 Å². The van der Waals surface area contributed by atoms with Crippen molar-refractivity contribution in [3.05, 3.63) is 35.7 Å². The van der Waals surface area contributed by atoms with E-state index in [1.165, 1.54) is 0 Å². The highest BCUT2D eigenvalue weighted by atomic mass is 16.4. The van der Waals surface area contributed by atoms with E-state index >= 15 is 0 Å². The molecule has 0 unspecified atom stereocenters. The smallest absolute Gasteiger partial charge is 0.308 e. The molecule has 0 saturated carbocycles. The molecule has 1 fully saturated rings. The second kappa shape index (κ2) is 6.37. The van der Waals surface area contributed by atoms with Crippen LogP contribution in [0.3, 0.4) is 0 Å². The highest BCUT2D eigenvalue weighted by Gasteiger charge is 2.19. The molecule has 7 heteroatoms. The van der Waals surface area contributed by atoms with Crippen molar-refractivity contribution in [3.63, 3.8) is 0 Å². The molecule has 1 aromatic heterocycles. The van der Waals surface area contributed by atoms with E-state index in [1.54, 1.807) is 24.3 Å². The topological polar surface area (TPSA) is 104 Å². The molecular weight excluding hydrogens is 282 g/mol. The number of carbonyl (C=O) groups excluding carboxylic acids is 1. The number of carbonyl (C=O) groups is 1. The lowest BCUT2D eigenvalue weighted by Crippen LogP contribution is -2.30. The molecule has 1 saturated heterocycles. The molecule has 2 N–H and O–H groups in total. The first kappa shape index (κ1) is 14.2. The Bertz CT molecular complexity index is 713. The average Bonchev–Trinajstić information content (AvgIpc) is 3.24. The van der Waals surface area contributed by atoms with Crippen molar-refractivity contribution >= 4 is 5.91 Å². The van der Waals surface area contributed by atoms with E-state index in [2.05, 4.69) is 20.8 Å². The SMILES string of the molecule is N#Cc1cccc(-c2nnc(C(=O)NC[C@@H]3CCNC3)o2)c1. The summed E-state index contributed by atoms with van der Waals surface area (Å²) in [5.74, 6) is 0.230. The van der Waals surface area contributed by atoms with E-state index in [0.717, 1.165) is 19.5 Å². The summed E-state index contributed by atoms with van der Waals surface area (Å²) in [5.41, 5.74) is 1.11. The summed E-state index contributed by atoms with van der Waals surface area (Å²) in [6.45, 7) is 2.49. The van der Waals surface area contributed by atoms with E-state index < -0.39 is 0 Å². The third-order valence-corrected chi connectivity index (χ3v) is 3.57. The van der Waals surface area contributed by atoms with Gasteiger partial charge in [-0.25, -0.2) is 0 Å². The first-order valence-electron chi connectivity index (χ1n) is 7.09. The zero-order valence-corrected chi connectivity index (χ0v) is 11.9. The number of nitrogens with one attached hydrogen (secondary N) is 2. The zero-order chi connectivity index (χ0) is 15.4. The van der Waals surface area contributed by atoms with Gasteiger partial charge < -0.3 is 15.1 Å². The predicted octanol–water partition coefficient (Wildman–Crippen LogP) is 0.948. The Morgan fingerprint density at radius 1 is 1.50 bits per heavy atom. The van der Waals surface area contributed by atoms with Crippen LogP contribution < -0.4 is 10.6 Å². The molecule has 0 radical (unpaired) electrons. The zero-order valence-electron chi connectivity index (χ0n) is 11.9. The Kier molecular flexibility index (Phi) is 4.12. The van der Waals surface area contributed by atoms with Crippen molar-refractivity contribution in [2.45, 2.75) is 6.42 Å². The molecule has 2 heterocycles. The quantitative estimate of drug-likeness (QED) is 0.870. The molecule has 1 aliphatic rings. The van der Waals surface area contributed by atoms with Crippen LogP contribution in [0.4, 0.5) is 0 Å². The number of amides is 1. The largest absolute Gasteiger partial charge is 0.412 e. The van der Waals surface area contributed by atoms with Gasteiger partial charge in [0.1, 0.15) is 0 Å². The first-order chi connectivity index (χ1) is 10.8. The molecular formula is C15H15N5O2. The van der Waals surface area contributed by atoms with Crippen molar-refractivity contribution in [1.82, 2.24) is 20.8 Å². The van der Waals surface area contributed by atoms with E-state index in [4.69, 9.17) is 9.68 Å². The molecule has 0 aliphatic carbocycles. The Labute approximate surface area is 127 Å². The summed E-state index contributed by atoms with van der Waals surface area (Å²) >= 11 is 0. The Balaban J connectivity index is 1.67. The fourth-order valence-electron chi connectivity index (χ4n) is 2.35. The van der Waals surface area contributed by atoms with Crippen molar-refractivity contribution in [2.75, 3.05) is 19.6 Å². The highest BCUT2D eigenvalue weighted by Crippen LogP contribution is 2.18. The molecule has 0 spiro atoms. The minimum Gasteiger partial charge on any atom is -0.412 e. The summed E-state index contributed by atoms with van der Waals surface area (Å²) < 4.78 is 5.39. The first-order valence-corrected chi connectivity index (χ1v) is 7.09. The summed E-state index contributed by atoms with van der Waals surface area (Å²) in [6, 6.07) is 8.84. The highest BCUT2D eigenvalue weighted by molar-refractivity contribution is 5.89. The van der Waals surface area contributed by atoms with E-state index in [1.807, 2.05) is 6.07 Å². The molecule has 112 valence electrons. The van der Waals surface area contributed by atoms with E-state index in [9.17, 15) is 4.79 Å². The molecule has 1 atom stereocenters. The minimum atomic E-state index is -0.373. The molecule has 1 aromatic carbocycles. The Hall–Kier alpha value is -2.72. The summed E-state index contributed by atoms with van der Waals surface area (Å²) in [6.07, 6.45) is 1.05. The van der Waals surface area contributed by atoms with Crippen LogP contribution in [0.15, 0.2) is 28.7 Å². The van der Waals surface area contributed by atoms with Crippen molar-refractivity contribution < 1.29 is 9.21 Å². The maximum atomic E-state index is 12.0. The number of benzene rings is 1. The molecule has 22 heavy (non-hydrogen) atoms. The van der Waals surface area contributed by atoms with Gasteiger partial charge in [-0.1, -0.05) is 6.07 Å². The molecule has 1 amide bonds. The van der Waals surface area contributed by atoms with Gasteiger partial charge >= 0.3 is 11.8 Å². The van der Waals surface area contributed by atoms with Gasteiger partial charge in [-0.05, 0) is 43.6 Å². The maximum absolute atomic E-state index is 12.0. The second-order valence-corrected chi connectivity index (χ2v) is 5.17. The number of rotatable bonds is 4. The van der Waals surface area contributed by atoms with Crippen LogP contribution >= 0.6 is 0 Å². The van der Waals surface area contributed by atoms with Crippen LogP contribution in [0, 0.1) is 17.2 Å². The van der Waals surface area contributed by atoms with Gasteiger partial charge in [0.05, 0.1) is 11.6 Å². The number of hydrogen-bond acceptors (Lipinski definition) is 6. The predicted molar refractivity (Wildman–Crippen MR) is 77.8 cm³/mol. The van der Waals surface area contributed by atoms with Gasteiger partial charge in [-0.15, -0.1) is 10.2 Å². The minimum absolute atomic E-state index is 0.0664. The van der Waals surface area contributed by atoms with E-state index in [-0.39, 0.29) is 17.7 Å². The van der Waals surface area contributed by atoms with Gasteiger partial charge in [0, 0.05) is 12.1 Å². The number of nitriles is 1. The number of aromatic nitrogens is 2. The van der Waals surface area contributed by atoms with Crippen LogP contribution in [-0.2, 0) is 0 Å². The monoisotopic (exact) mass is 297 g/mol. The maximum Gasteiger partial charge on any atom is 0.308 e. The van der Waals surface area contributed by atoms with Crippen molar-refractivity contribution in [1.29, 1.82) is 5.26 Å². The lowest BCUT2D eigenvalue weighted by Gasteiger charge is -2.07. The average molecular weight is 297 g/mol. The summed E-state index contributed by atoms with van der Waals surface area (Å²) in [4.78, 5) is 12.0. The third-order valence-electron chi connectivity index (χ3n) is 3.57. The Morgan fingerprint density at radius 2 is 2.41 bits per heavy atom. The molecule has 0 bridgehead atoms. The lowest BCUT2D eigenvalue weighted by atomic mass is 10.1. The summed E-state index contributed by atoms with van der Waals surface area (Å²) in [7, 11) is 0. The van der Waals surface area contributed by atoms with Crippen LogP contribution in [0.1, 0.15) is 22.7 Å². The molecule has 1 aliphatic heterocycles. The molecule has 3 rings (SSSR count). The van der Waals surface area contributed by atoms with Crippen LogP contribution in [0.2, 0.25) is 0 Å². The van der Waals surface area contributed by atoms with Crippen LogP contribution in [0.5, 0.6) is 0 Å². The standard InChI is InChI=1S/C15H15N5O2/c16-7-10-2-1-3-12(6-10)14-19-20-15(22-14)13(21)18-9-11-4-5-17-8-11/h1-3,6,11,17H,4-5,8-9H2,(H,18,21)/t11-/m1/s1. The Morgan fingerprint density at radius 3 is 3.18 bits per heavy atom. The molecule has 7 nitrogen and oxygen atoms in total. The van der Waals surface area contributed by atoms with Gasteiger partial charge in [-0.2, -0.15) is 5.26 Å². The lowest BCUT2D eigenvalue weighted by molar-refractivity contribution is 0.0914.